The third kappa shape index (κ3) is 4.43. The van der Waals surface area contributed by atoms with Crippen LogP contribution in [0.4, 0.5) is 17.1 Å². The third-order valence-corrected chi connectivity index (χ3v) is 4.98. The number of non-ortho nitro benzene ring substituents is 1. The van der Waals surface area contributed by atoms with Crippen LogP contribution in [0.3, 0.4) is 0 Å². The maximum Gasteiger partial charge on any atom is 0.269 e. The summed E-state index contributed by atoms with van der Waals surface area (Å²) < 4.78 is 0. The number of nitrogens with zero attached hydrogens (tertiary/aromatic N) is 3. The van der Waals surface area contributed by atoms with Gasteiger partial charge < -0.3 is 15.1 Å². The van der Waals surface area contributed by atoms with Crippen LogP contribution in [0, 0.1) is 17.0 Å². The number of hydrogen-bond acceptors (Lipinski definition) is 5. The van der Waals surface area contributed by atoms with Crippen molar-refractivity contribution in [3.63, 3.8) is 0 Å². The molecule has 0 bridgehead atoms. The monoisotopic (exact) mass is 368 g/mol. The van der Waals surface area contributed by atoms with Crippen LogP contribution in [-0.2, 0) is 0 Å². The smallest absolute Gasteiger partial charge is 0.269 e. The molecule has 0 aliphatic carbocycles. The zero-order valence-corrected chi connectivity index (χ0v) is 15.6. The minimum absolute atomic E-state index is 0.0322. The predicted molar refractivity (Wildman–Crippen MR) is 107 cm³/mol. The molecule has 0 radical (unpaired) electrons. The van der Waals surface area contributed by atoms with Gasteiger partial charge in [-0.15, -0.1) is 0 Å². The SMILES string of the molecule is CCN1CCN(c2ccc(NC(=O)c3ccc([N+](=O)[O-])cc3)c(C)c2)CC1. The zero-order valence-electron chi connectivity index (χ0n) is 15.6. The van der Waals surface area contributed by atoms with Crippen LogP contribution in [0.1, 0.15) is 22.8 Å². The molecule has 3 rings (SSSR count). The fraction of sp³-hybridized carbons (Fsp3) is 0.350. The van der Waals surface area contributed by atoms with Gasteiger partial charge in [0.2, 0.25) is 0 Å². The number of anilines is 2. The normalized spacial score (nSPS) is 14.8. The van der Waals surface area contributed by atoms with Gasteiger partial charge in [0.1, 0.15) is 0 Å². The van der Waals surface area contributed by atoms with E-state index in [1.807, 2.05) is 19.1 Å². The van der Waals surface area contributed by atoms with Gasteiger partial charge in [-0.05, 0) is 49.4 Å². The lowest BCUT2D eigenvalue weighted by atomic mass is 10.1. The molecule has 142 valence electrons. The maximum atomic E-state index is 12.4. The van der Waals surface area contributed by atoms with E-state index in [-0.39, 0.29) is 11.6 Å². The fourth-order valence-electron chi connectivity index (χ4n) is 3.24. The Morgan fingerprint density at radius 3 is 2.33 bits per heavy atom. The predicted octanol–water partition coefficient (Wildman–Crippen LogP) is 3.30. The molecule has 0 unspecified atom stereocenters. The number of nitrogens with one attached hydrogen (secondary N) is 1. The van der Waals surface area contributed by atoms with E-state index >= 15 is 0 Å². The molecule has 0 atom stereocenters. The Kier molecular flexibility index (Phi) is 5.71. The fourth-order valence-corrected chi connectivity index (χ4v) is 3.24. The van der Waals surface area contributed by atoms with Gasteiger partial charge in [-0.2, -0.15) is 0 Å². The molecule has 0 aromatic heterocycles. The Morgan fingerprint density at radius 1 is 1.11 bits per heavy atom. The molecule has 0 spiro atoms. The van der Waals surface area contributed by atoms with Crippen molar-refractivity contribution >= 4 is 23.0 Å². The number of likely N-dealkylation sites (N-methyl/N-ethyl adjacent to an activating group) is 1. The standard InChI is InChI=1S/C20H24N4O3/c1-3-22-10-12-23(13-11-22)18-8-9-19(15(2)14-18)21-20(25)16-4-6-17(7-5-16)24(26)27/h4-9,14H,3,10-13H2,1-2H3,(H,21,25). The molecule has 1 saturated heterocycles. The number of carbonyl (C=O) groups is 1. The van der Waals surface area contributed by atoms with Crippen molar-refractivity contribution in [2.24, 2.45) is 0 Å². The molecule has 1 aliphatic heterocycles. The number of carbonyl (C=O) groups excluding carboxylic acids is 1. The van der Waals surface area contributed by atoms with Crippen LogP contribution in [0.2, 0.25) is 0 Å². The number of nitro groups is 1. The topological polar surface area (TPSA) is 78.7 Å². The first-order valence-electron chi connectivity index (χ1n) is 9.11. The third-order valence-electron chi connectivity index (χ3n) is 4.98. The minimum atomic E-state index is -0.481. The molecule has 1 amide bonds. The van der Waals surface area contributed by atoms with Crippen molar-refractivity contribution in [3.8, 4) is 0 Å². The van der Waals surface area contributed by atoms with Gasteiger partial charge in [-0.3, -0.25) is 14.9 Å². The number of benzene rings is 2. The van der Waals surface area contributed by atoms with Crippen molar-refractivity contribution < 1.29 is 9.72 Å². The van der Waals surface area contributed by atoms with Crippen LogP contribution in [0.15, 0.2) is 42.5 Å². The Balaban J connectivity index is 1.67. The zero-order chi connectivity index (χ0) is 19.4. The van der Waals surface area contributed by atoms with Crippen molar-refractivity contribution in [1.82, 2.24) is 4.90 Å². The Bertz CT molecular complexity index is 828. The van der Waals surface area contributed by atoms with E-state index in [1.54, 1.807) is 0 Å². The van der Waals surface area contributed by atoms with E-state index in [0.717, 1.165) is 49.7 Å². The second-order valence-corrected chi connectivity index (χ2v) is 6.68. The molecule has 1 fully saturated rings. The Labute approximate surface area is 158 Å². The summed E-state index contributed by atoms with van der Waals surface area (Å²) in [4.78, 5) is 27.4. The average molecular weight is 368 g/mol. The highest BCUT2D eigenvalue weighted by molar-refractivity contribution is 6.04. The summed E-state index contributed by atoms with van der Waals surface area (Å²) in [5.41, 5.74) is 3.25. The molecule has 1 N–H and O–H groups in total. The van der Waals surface area contributed by atoms with Crippen LogP contribution in [0.5, 0.6) is 0 Å². The molecule has 2 aromatic carbocycles. The summed E-state index contributed by atoms with van der Waals surface area (Å²) >= 11 is 0. The van der Waals surface area contributed by atoms with Gasteiger partial charge in [-0.25, -0.2) is 0 Å². The molecule has 0 saturated carbocycles. The Hall–Kier alpha value is -2.93. The highest BCUT2D eigenvalue weighted by Gasteiger charge is 2.17. The van der Waals surface area contributed by atoms with Crippen LogP contribution in [-0.4, -0.2) is 48.5 Å². The number of rotatable bonds is 5. The summed E-state index contributed by atoms with van der Waals surface area (Å²) in [6.07, 6.45) is 0. The molecule has 7 nitrogen and oxygen atoms in total. The van der Waals surface area contributed by atoms with E-state index < -0.39 is 4.92 Å². The second-order valence-electron chi connectivity index (χ2n) is 6.68. The molecule has 2 aromatic rings. The lowest BCUT2D eigenvalue weighted by molar-refractivity contribution is -0.384. The quantitative estimate of drug-likeness (QED) is 0.647. The summed E-state index contributed by atoms with van der Waals surface area (Å²) in [5, 5.41) is 13.6. The van der Waals surface area contributed by atoms with E-state index in [0.29, 0.717) is 5.56 Å². The maximum absolute atomic E-state index is 12.4. The van der Waals surface area contributed by atoms with E-state index in [2.05, 4.69) is 28.1 Å². The van der Waals surface area contributed by atoms with Crippen LogP contribution in [0.25, 0.3) is 0 Å². The highest BCUT2D eigenvalue weighted by Crippen LogP contribution is 2.24. The van der Waals surface area contributed by atoms with E-state index in [1.165, 1.54) is 24.3 Å². The van der Waals surface area contributed by atoms with Crippen molar-refractivity contribution in [2.75, 3.05) is 42.9 Å². The Morgan fingerprint density at radius 2 is 1.78 bits per heavy atom. The number of nitro benzene ring substituents is 1. The number of hydrogen-bond donors (Lipinski definition) is 1. The van der Waals surface area contributed by atoms with Gasteiger partial charge >= 0.3 is 0 Å². The summed E-state index contributed by atoms with van der Waals surface area (Å²) in [7, 11) is 0. The molecule has 1 aliphatic rings. The van der Waals surface area contributed by atoms with E-state index in [4.69, 9.17) is 0 Å². The van der Waals surface area contributed by atoms with Gasteiger partial charge in [0, 0.05) is 55.2 Å². The van der Waals surface area contributed by atoms with Crippen LogP contribution < -0.4 is 10.2 Å². The summed E-state index contributed by atoms with van der Waals surface area (Å²) in [5.74, 6) is -0.280. The first kappa shape index (κ1) is 18.8. The molecule has 1 heterocycles. The van der Waals surface area contributed by atoms with Crippen molar-refractivity contribution in [3.05, 3.63) is 63.7 Å². The van der Waals surface area contributed by atoms with Gasteiger partial charge in [0.05, 0.1) is 4.92 Å². The van der Waals surface area contributed by atoms with E-state index in [9.17, 15) is 14.9 Å². The molecular weight excluding hydrogens is 344 g/mol. The number of aryl methyl sites for hydroxylation is 1. The largest absolute Gasteiger partial charge is 0.369 e. The average Bonchev–Trinajstić information content (AvgIpc) is 2.69. The van der Waals surface area contributed by atoms with Crippen molar-refractivity contribution in [1.29, 1.82) is 0 Å². The lowest BCUT2D eigenvalue weighted by Crippen LogP contribution is -2.46. The minimum Gasteiger partial charge on any atom is -0.369 e. The summed E-state index contributed by atoms with van der Waals surface area (Å²) in [6, 6.07) is 11.6. The molecule has 27 heavy (non-hydrogen) atoms. The first-order valence-corrected chi connectivity index (χ1v) is 9.11. The number of amides is 1. The van der Waals surface area contributed by atoms with Gasteiger partial charge in [0.15, 0.2) is 0 Å². The molecular formula is C20H24N4O3. The summed E-state index contributed by atoms with van der Waals surface area (Å²) in [6.45, 7) is 9.37. The number of piperazine rings is 1. The first-order chi connectivity index (χ1) is 13.0. The highest BCUT2D eigenvalue weighted by atomic mass is 16.6. The van der Waals surface area contributed by atoms with Crippen LogP contribution >= 0.6 is 0 Å². The molecule has 7 heteroatoms. The lowest BCUT2D eigenvalue weighted by Gasteiger charge is -2.35. The second kappa shape index (κ2) is 8.18. The van der Waals surface area contributed by atoms with Crippen molar-refractivity contribution in [2.45, 2.75) is 13.8 Å². The van der Waals surface area contributed by atoms with Gasteiger partial charge in [0.25, 0.3) is 11.6 Å². The van der Waals surface area contributed by atoms with Gasteiger partial charge in [-0.1, -0.05) is 6.92 Å².